The third-order valence-corrected chi connectivity index (χ3v) is 3.51. The normalized spacial score (nSPS) is 11.0. The summed E-state index contributed by atoms with van der Waals surface area (Å²) in [5.41, 5.74) is 2.81. The SMILES string of the molecule is O=C(O)CCOc1cccc(C=Cc2ccc3ccccc3n2)c1. The highest BCUT2D eigenvalue weighted by atomic mass is 16.5. The average Bonchev–Trinajstić information content (AvgIpc) is 2.60. The van der Waals surface area contributed by atoms with Crippen LogP contribution in [0.4, 0.5) is 0 Å². The van der Waals surface area contributed by atoms with Crippen LogP contribution in [-0.2, 0) is 4.79 Å². The Balaban J connectivity index is 1.72. The molecule has 120 valence electrons. The van der Waals surface area contributed by atoms with Gasteiger partial charge in [-0.3, -0.25) is 4.79 Å². The lowest BCUT2D eigenvalue weighted by molar-refractivity contribution is -0.137. The second kappa shape index (κ2) is 7.42. The number of aromatic nitrogens is 1. The molecule has 0 unspecified atom stereocenters. The van der Waals surface area contributed by atoms with Gasteiger partial charge in [-0.05, 0) is 35.9 Å². The first-order chi connectivity index (χ1) is 11.7. The number of nitrogens with zero attached hydrogens (tertiary/aromatic N) is 1. The number of hydrogen-bond acceptors (Lipinski definition) is 3. The number of carboxylic acid groups (broad SMARTS) is 1. The molecule has 0 saturated heterocycles. The van der Waals surface area contributed by atoms with E-state index in [1.807, 2.05) is 72.8 Å². The predicted molar refractivity (Wildman–Crippen MR) is 94.9 cm³/mol. The summed E-state index contributed by atoms with van der Waals surface area (Å²) in [6.45, 7) is 0.161. The molecule has 1 aromatic heterocycles. The van der Waals surface area contributed by atoms with Crippen LogP contribution in [0.25, 0.3) is 23.1 Å². The van der Waals surface area contributed by atoms with Gasteiger partial charge in [0.05, 0.1) is 24.2 Å². The summed E-state index contributed by atoms with van der Waals surface area (Å²) in [5, 5.41) is 9.75. The van der Waals surface area contributed by atoms with Crippen molar-refractivity contribution < 1.29 is 14.6 Å². The zero-order chi connectivity index (χ0) is 16.8. The van der Waals surface area contributed by atoms with Crippen molar-refractivity contribution in [3.05, 3.63) is 71.9 Å². The molecule has 1 N–H and O–H groups in total. The number of carboxylic acids is 1. The third-order valence-electron chi connectivity index (χ3n) is 3.51. The number of carbonyl (C=O) groups is 1. The lowest BCUT2D eigenvalue weighted by Crippen LogP contribution is -2.04. The number of aliphatic carboxylic acids is 1. The van der Waals surface area contributed by atoms with Gasteiger partial charge in [-0.1, -0.05) is 42.5 Å². The van der Waals surface area contributed by atoms with Crippen molar-refractivity contribution in [2.45, 2.75) is 6.42 Å². The van der Waals surface area contributed by atoms with Gasteiger partial charge >= 0.3 is 5.97 Å². The lowest BCUT2D eigenvalue weighted by Gasteiger charge is -2.05. The van der Waals surface area contributed by atoms with E-state index in [9.17, 15) is 4.79 Å². The number of benzene rings is 2. The molecule has 0 aliphatic rings. The fraction of sp³-hybridized carbons (Fsp3) is 0.100. The van der Waals surface area contributed by atoms with E-state index in [0.29, 0.717) is 5.75 Å². The molecule has 0 fully saturated rings. The Morgan fingerprint density at radius 3 is 2.79 bits per heavy atom. The average molecular weight is 319 g/mol. The van der Waals surface area contributed by atoms with Crippen LogP contribution in [0.5, 0.6) is 5.75 Å². The standard InChI is InChI=1S/C20H17NO3/c22-20(23)12-13-24-18-6-3-4-15(14-18)8-10-17-11-9-16-5-1-2-7-19(16)21-17/h1-11,14H,12-13H2,(H,22,23). The van der Waals surface area contributed by atoms with Gasteiger partial charge in [-0.25, -0.2) is 4.98 Å². The number of ether oxygens (including phenoxy) is 1. The molecule has 3 rings (SSSR count). The third kappa shape index (κ3) is 4.20. The summed E-state index contributed by atoms with van der Waals surface area (Å²) in [5.74, 6) is -0.210. The Morgan fingerprint density at radius 1 is 1.04 bits per heavy atom. The van der Waals surface area contributed by atoms with Gasteiger partial charge in [-0.2, -0.15) is 0 Å². The van der Waals surface area contributed by atoms with Gasteiger partial charge in [0.25, 0.3) is 0 Å². The fourth-order valence-corrected chi connectivity index (χ4v) is 2.32. The van der Waals surface area contributed by atoms with Crippen molar-refractivity contribution in [2.24, 2.45) is 0 Å². The van der Waals surface area contributed by atoms with Gasteiger partial charge < -0.3 is 9.84 Å². The summed E-state index contributed by atoms with van der Waals surface area (Å²) in [6.07, 6.45) is 3.89. The van der Waals surface area contributed by atoms with E-state index in [4.69, 9.17) is 9.84 Å². The Hall–Kier alpha value is -3.14. The summed E-state index contributed by atoms with van der Waals surface area (Å²) in [6, 6.07) is 19.5. The molecule has 3 aromatic rings. The molecule has 4 heteroatoms. The summed E-state index contributed by atoms with van der Waals surface area (Å²) >= 11 is 0. The van der Waals surface area contributed by atoms with Gasteiger partial charge in [0.1, 0.15) is 5.75 Å². The van der Waals surface area contributed by atoms with E-state index in [2.05, 4.69) is 4.98 Å². The Labute approximate surface area is 140 Å². The number of pyridine rings is 1. The predicted octanol–water partition coefficient (Wildman–Crippen LogP) is 4.26. The first kappa shape index (κ1) is 15.7. The van der Waals surface area contributed by atoms with Crippen LogP contribution < -0.4 is 4.74 Å². The van der Waals surface area contributed by atoms with Crippen LogP contribution in [0.3, 0.4) is 0 Å². The monoisotopic (exact) mass is 319 g/mol. The van der Waals surface area contributed by atoms with Crippen LogP contribution in [0, 0.1) is 0 Å². The largest absolute Gasteiger partial charge is 0.493 e. The number of fused-ring (bicyclic) bond motifs is 1. The molecule has 0 spiro atoms. The Bertz CT molecular complexity index is 887. The molecule has 0 bridgehead atoms. The smallest absolute Gasteiger partial charge is 0.306 e. The maximum atomic E-state index is 10.5. The zero-order valence-electron chi connectivity index (χ0n) is 13.1. The van der Waals surface area contributed by atoms with E-state index in [1.165, 1.54) is 0 Å². The maximum Gasteiger partial charge on any atom is 0.306 e. The Kier molecular flexibility index (Phi) is 4.87. The van der Waals surface area contributed by atoms with Crippen LogP contribution in [0.15, 0.2) is 60.7 Å². The van der Waals surface area contributed by atoms with Crippen LogP contribution in [0.2, 0.25) is 0 Å². The zero-order valence-corrected chi connectivity index (χ0v) is 13.1. The summed E-state index contributed by atoms with van der Waals surface area (Å²) in [4.78, 5) is 15.1. The number of rotatable bonds is 6. The molecular formula is C20H17NO3. The molecule has 0 amide bonds. The second-order valence-electron chi connectivity index (χ2n) is 5.33. The molecule has 0 radical (unpaired) electrons. The van der Waals surface area contributed by atoms with E-state index in [0.717, 1.165) is 22.2 Å². The van der Waals surface area contributed by atoms with Gasteiger partial charge in [-0.15, -0.1) is 0 Å². The minimum Gasteiger partial charge on any atom is -0.493 e. The summed E-state index contributed by atoms with van der Waals surface area (Å²) in [7, 11) is 0. The van der Waals surface area contributed by atoms with Crippen molar-refractivity contribution in [1.82, 2.24) is 4.98 Å². The van der Waals surface area contributed by atoms with Gasteiger partial charge in [0.15, 0.2) is 0 Å². The number of hydrogen-bond donors (Lipinski definition) is 1. The molecule has 2 aromatic carbocycles. The molecule has 0 saturated carbocycles. The highest BCUT2D eigenvalue weighted by molar-refractivity contribution is 5.80. The van der Waals surface area contributed by atoms with E-state index >= 15 is 0 Å². The second-order valence-corrected chi connectivity index (χ2v) is 5.33. The highest BCUT2D eigenvalue weighted by Crippen LogP contribution is 2.17. The molecule has 0 aliphatic heterocycles. The molecule has 4 nitrogen and oxygen atoms in total. The first-order valence-corrected chi connectivity index (χ1v) is 7.69. The van der Waals surface area contributed by atoms with Crippen molar-refractivity contribution >= 4 is 29.0 Å². The topological polar surface area (TPSA) is 59.4 Å². The van der Waals surface area contributed by atoms with Crippen LogP contribution in [-0.4, -0.2) is 22.7 Å². The van der Waals surface area contributed by atoms with Crippen molar-refractivity contribution in [2.75, 3.05) is 6.61 Å². The first-order valence-electron chi connectivity index (χ1n) is 7.69. The van der Waals surface area contributed by atoms with Crippen molar-refractivity contribution in [3.63, 3.8) is 0 Å². The van der Waals surface area contributed by atoms with Crippen LogP contribution in [0.1, 0.15) is 17.7 Å². The van der Waals surface area contributed by atoms with E-state index < -0.39 is 5.97 Å². The minimum absolute atomic E-state index is 0.0128. The molecule has 0 aliphatic carbocycles. The molecule has 24 heavy (non-hydrogen) atoms. The highest BCUT2D eigenvalue weighted by Gasteiger charge is 1.99. The minimum atomic E-state index is -0.867. The Morgan fingerprint density at radius 2 is 1.92 bits per heavy atom. The van der Waals surface area contributed by atoms with Crippen molar-refractivity contribution in [3.8, 4) is 5.75 Å². The van der Waals surface area contributed by atoms with Crippen LogP contribution >= 0.6 is 0 Å². The van der Waals surface area contributed by atoms with E-state index in [1.54, 1.807) is 0 Å². The molecular weight excluding hydrogens is 302 g/mol. The van der Waals surface area contributed by atoms with E-state index in [-0.39, 0.29) is 13.0 Å². The van der Waals surface area contributed by atoms with Gasteiger partial charge in [0, 0.05) is 5.39 Å². The lowest BCUT2D eigenvalue weighted by atomic mass is 10.1. The fourth-order valence-electron chi connectivity index (χ4n) is 2.32. The summed E-state index contributed by atoms with van der Waals surface area (Å²) < 4.78 is 5.44. The molecule has 0 atom stereocenters. The molecule has 1 heterocycles. The maximum absolute atomic E-state index is 10.5. The quantitative estimate of drug-likeness (QED) is 0.737. The van der Waals surface area contributed by atoms with Gasteiger partial charge in [0.2, 0.25) is 0 Å². The van der Waals surface area contributed by atoms with Crippen molar-refractivity contribution in [1.29, 1.82) is 0 Å². The number of para-hydroxylation sites is 1.